The number of methoxy groups -OCH3 is 1. The molecule has 1 aromatic heterocycles. The zero-order valence-corrected chi connectivity index (χ0v) is 16.3. The summed E-state index contributed by atoms with van der Waals surface area (Å²) in [5.41, 5.74) is 0.698. The Morgan fingerprint density at radius 1 is 1.35 bits per heavy atom. The number of thioether (sulfide) groups is 1. The molecule has 1 atom stereocenters. The maximum atomic E-state index is 12.1. The molecular formula is C17H20ClN3O4S. The molecule has 7 nitrogen and oxygen atoms in total. The van der Waals surface area contributed by atoms with Crippen molar-refractivity contribution in [3.05, 3.63) is 29.3 Å². The molecule has 0 aliphatic carbocycles. The second kappa shape index (κ2) is 9.59. The van der Waals surface area contributed by atoms with Crippen LogP contribution in [0.15, 0.2) is 33.9 Å². The van der Waals surface area contributed by atoms with E-state index < -0.39 is 12.0 Å². The van der Waals surface area contributed by atoms with Crippen molar-refractivity contribution in [3.63, 3.8) is 0 Å². The van der Waals surface area contributed by atoms with Crippen LogP contribution in [0.3, 0.4) is 0 Å². The third-order valence-electron chi connectivity index (χ3n) is 3.33. The van der Waals surface area contributed by atoms with Crippen molar-refractivity contribution in [1.82, 2.24) is 15.5 Å². The van der Waals surface area contributed by atoms with Crippen molar-refractivity contribution in [2.24, 2.45) is 5.92 Å². The highest BCUT2D eigenvalue weighted by Crippen LogP contribution is 2.25. The fourth-order valence-corrected chi connectivity index (χ4v) is 2.96. The van der Waals surface area contributed by atoms with E-state index in [1.165, 1.54) is 7.11 Å². The minimum Gasteiger partial charge on any atom is -0.467 e. The van der Waals surface area contributed by atoms with Gasteiger partial charge in [-0.2, -0.15) is 0 Å². The minimum absolute atomic E-state index is 0.0444. The Labute approximate surface area is 160 Å². The van der Waals surface area contributed by atoms with Gasteiger partial charge >= 0.3 is 5.97 Å². The molecule has 1 aromatic carbocycles. The number of rotatable bonds is 8. The lowest BCUT2D eigenvalue weighted by atomic mass is 10.0. The number of aromatic nitrogens is 2. The Balaban J connectivity index is 1.92. The minimum atomic E-state index is -0.669. The number of benzene rings is 1. The summed E-state index contributed by atoms with van der Waals surface area (Å²) in [6.07, 6.45) is 0.503. The van der Waals surface area contributed by atoms with Crippen LogP contribution < -0.4 is 5.32 Å². The number of nitrogens with zero attached hydrogens (tertiary/aromatic N) is 2. The van der Waals surface area contributed by atoms with E-state index in [1.807, 2.05) is 13.8 Å². The van der Waals surface area contributed by atoms with Crippen molar-refractivity contribution in [2.45, 2.75) is 31.5 Å². The van der Waals surface area contributed by atoms with Crippen LogP contribution in [0, 0.1) is 5.92 Å². The first-order chi connectivity index (χ1) is 12.4. The van der Waals surface area contributed by atoms with Crippen LogP contribution >= 0.6 is 23.4 Å². The summed E-state index contributed by atoms with van der Waals surface area (Å²) in [4.78, 5) is 23.9. The van der Waals surface area contributed by atoms with E-state index >= 15 is 0 Å². The monoisotopic (exact) mass is 397 g/mol. The van der Waals surface area contributed by atoms with Gasteiger partial charge in [0.15, 0.2) is 0 Å². The van der Waals surface area contributed by atoms with E-state index in [0.717, 1.165) is 11.8 Å². The van der Waals surface area contributed by atoms with E-state index in [9.17, 15) is 9.59 Å². The fraction of sp³-hybridized carbons (Fsp3) is 0.412. The first kappa shape index (κ1) is 20.3. The van der Waals surface area contributed by atoms with E-state index in [0.29, 0.717) is 22.9 Å². The zero-order chi connectivity index (χ0) is 19.1. The Kier molecular flexibility index (Phi) is 7.47. The fourth-order valence-electron chi connectivity index (χ4n) is 2.20. The SMILES string of the molecule is COC(=O)[C@@H](CC(C)C)NC(=O)CSc1nnc(-c2cccc(Cl)c2)o1. The Hall–Kier alpha value is -2.06. The molecule has 2 rings (SSSR count). The molecule has 2 aromatic rings. The topological polar surface area (TPSA) is 94.3 Å². The average Bonchev–Trinajstić information content (AvgIpc) is 3.07. The highest BCUT2D eigenvalue weighted by Gasteiger charge is 2.23. The smallest absolute Gasteiger partial charge is 0.328 e. The van der Waals surface area contributed by atoms with E-state index in [4.69, 9.17) is 20.8 Å². The summed E-state index contributed by atoms with van der Waals surface area (Å²) < 4.78 is 10.3. The molecule has 26 heavy (non-hydrogen) atoms. The molecule has 140 valence electrons. The highest BCUT2D eigenvalue weighted by molar-refractivity contribution is 7.99. The predicted molar refractivity (Wildman–Crippen MR) is 98.9 cm³/mol. The first-order valence-corrected chi connectivity index (χ1v) is 9.34. The largest absolute Gasteiger partial charge is 0.467 e. The standard InChI is InChI=1S/C17H20ClN3O4S/c1-10(2)7-13(16(23)24-3)19-14(22)9-26-17-21-20-15(25-17)11-5-4-6-12(18)8-11/h4-6,8,10,13H,7,9H2,1-3H3,(H,19,22)/t13-/m1/s1. The number of halogens is 1. The highest BCUT2D eigenvalue weighted by atomic mass is 35.5. The van der Waals surface area contributed by atoms with E-state index in [1.54, 1.807) is 24.3 Å². The van der Waals surface area contributed by atoms with Crippen molar-refractivity contribution < 1.29 is 18.7 Å². The normalized spacial score (nSPS) is 12.0. The molecule has 0 saturated carbocycles. The third-order valence-corrected chi connectivity index (χ3v) is 4.39. The second-order valence-corrected chi connectivity index (χ2v) is 7.31. The molecule has 0 bridgehead atoms. The molecule has 0 fully saturated rings. The molecule has 0 radical (unpaired) electrons. The maximum absolute atomic E-state index is 12.1. The lowest BCUT2D eigenvalue weighted by Gasteiger charge is -2.17. The lowest BCUT2D eigenvalue weighted by molar-refractivity contribution is -0.145. The quantitative estimate of drug-likeness (QED) is 0.539. The Morgan fingerprint density at radius 3 is 2.77 bits per heavy atom. The molecule has 0 spiro atoms. The van der Waals surface area contributed by atoms with Gasteiger partial charge in [0.25, 0.3) is 5.22 Å². The molecule has 0 aliphatic rings. The molecule has 1 heterocycles. The van der Waals surface area contributed by atoms with Gasteiger partial charge in [0.2, 0.25) is 11.8 Å². The third kappa shape index (κ3) is 6.03. The van der Waals surface area contributed by atoms with Gasteiger partial charge in [-0.3, -0.25) is 4.79 Å². The van der Waals surface area contributed by atoms with Gasteiger partial charge in [-0.15, -0.1) is 10.2 Å². The molecule has 0 unspecified atom stereocenters. The summed E-state index contributed by atoms with van der Waals surface area (Å²) >= 11 is 7.03. The van der Waals surface area contributed by atoms with Gasteiger partial charge in [-0.1, -0.05) is 43.3 Å². The van der Waals surface area contributed by atoms with Gasteiger partial charge in [0.05, 0.1) is 12.9 Å². The number of esters is 1. The van der Waals surface area contributed by atoms with Crippen molar-refractivity contribution >= 4 is 35.2 Å². The van der Waals surface area contributed by atoms with Crippen LogP contribution in [0.2, 0.25) is 5.02 Å². The number of nitrogens with one attached hydrogen (secondary N) is 1. The van der Waals surface area contributed by atoms with Gasteiger partial charge in [0, 0.05) is 10.6 Å². The van der Waals surface area contributed by atoms with Crippen LogP contribution in [0.25, 0.3) is 11.5 Å². The average molecular weight is 398 g/mol. The van der Waals surface area contributed by atoms with E-state index in [2.05, 4.69) is 15.5 Å². The van der Waals surface area contributed by atoms with Gasteiger partial charge in [-0.25, -0.2) is 4.79 Å². The number of hydrogen-bond acceptors (Lipinski definition) is 7. The van der Waals surface area contributed by atoms with Crippen LogP contribution in [0.5, 0.6) is 0 Å². The maximum Gasteiger partial charge on any atom is 0.328 e. The summed E-state index contributed by atoms with van der Waals surface area (Å²) in [6.45, 7) is 3.93. The van der Waals surface area contributed by atoms with Crippen molar-refractivity contribution in [3.8, 4) is 11.5 Å². The molecule has 0 saturated heterocycles. The van der Waals surface area contributed by atoms with E-state index in [-0.39, 0.29) is 22.8 Å². The molecular weight excluding hydrogens is 378 g/mol. The Bertz CT molecular complexity index is 766. The molecule has 1 amide bonds. The summed E-state index contributed by atoms with van der Waals surface area (Å²) in [7, 11) is 1.30. The number of amides is 1. The number of ether oxygens (including phenoxy) is 1. The van der Waals surface area contributed by atoms with Crippen molar-refractivity contribution in [2.75, 3.05) is 12.9 Å². The van der Waals surface area contributed by atoms with Gasteiger partial charge < -0.3 is 14.5 Å². The second-order valence-electron chi connectivity index (χ2n) is 5.94. The predicted octanol–water partition coefficient (Wildman–Crippen LogP) is 3.19. The van der Waals surface area contributed by atoms with Gasteiger partial charge in [0.1, 0.15) is 6.04 Å². The van der Waals surface area contributed by atoms with Gasteiger partial charge in [-0.05, 0) is 30.5 Å². The van der Waals surface area contributed by atoms with Crippen LogP contribution in [0.1, 0.15) is 20.3 Å². The molecule has 1 N–H and O–H groups in total. The first-order valence-electron chi connectivity index (χ1n) is 7.98. The van der Waals surface area contributed by atoms with Crippen molar-refractivity contribution in [1.29, 1.82) is 0 Å². The molecule has 0 aliphatic heterocycles. The summed E-state index contributed by atoms with van der Waals surface area (Å²) in [6, 6.07) is 6.37. The number of hydrogen-bond donors (Lipinski definition) is 1. The van der Waals surface area contributed by atoms with Crippen LogP contribution in [-0.2, 0) is 14.3 Å². The lowest BCUT2D eigenvalue weighted by Crippen LogP contribution is -2.43. The summed E-state index contributed by atoms with van der Waals surface area (Å²) in [5.74, 6) is -0.166. The summed E-state index contributed by atoms with van der Waals surface area (Å²) in [5, 5.41) is 11.3. The zero-order valence-electron chi connectivity index (χ0n) is 14.7. The number of carbonyl (C=O) groups is 2. The number of carbonyl (C=O) groups excluding carboxylic acids is 2. The van der Waals surface area contributed by atoms with Crippen LogP contribution in [0.4, 0.5) is 0 Å². The van der Waals surface area contributed by atoms with Crippen LogP contribution in [-0.4, -0.2) is 41.0 Å². The molecule has 9 heteroatoms. The Morgan fingerprint density at radius 2 is 2.12 bits per heavy atom.